The summed E-state index contributed by atoms with van der Waals surface area (Å²) in [6, 6.07) is 11.4. The Morgan fingerprint density at radius 1 is 0.933 bits per heavy atom. The van der Waals surface area contributed by atoms with Gasteiger partial charge >= 0.3 is 0 Å². The van der Waals surface area contributed by atoms with Crippen LogP contribution in [0, 0.1) is 6.92 Å². The number of hydrogen-bond acceptors (Lipinski definition) is 4. The number of hydrogen-bond donors (Lipinski definition) is 1. The van der Waals surface area contributed by atoms with Crippen molar-refractivity contribution in [3.8, 4) is 22.5 Å². The lowest BCUT2D eigenvalue weighted by atomic mass is 9.81. The summed E-state index contributed by atoms with van der Waals surface area (Å²) >= 11 is 0. The van der Waals surface area contributed by atoms with E-state index in [0.29, 0.717) is 5.92 Å². The van der Waals surface area contributed by atoms with Crippen molar-refractivity contribution in [1.29, 1.82) is 0 Å². The Morgan fingerprint density at radius 2 is 1.70 bits per heavy atom. The Kier molecular flexibility index (Phi) is 5.63. The number of benzene rings is 1. The van der Waals surface area contributed by atoms with Crippen molar-refractivity contribution in [1.82, 2.24) is 25.1 Å². The molecule has 2 aromatic heterocycles. The molecule has 1 aliphatic carbocycles. The highest BCUT2D eigenvalue weighted by Gasteiger charge is 2.31. The van der Waals surface area contributed by atoms with Crippen LogP contribution in [0.25, 0.3) is 22.5 Å². The second-order valence-corrected chi connectivity index (χ2v) is 8.92. The smallest absolute Gasteiger partial charge is 0.116 e. The topological polar surface area (TPSA) is 57.7 Å². The van der Waals surface area contributed by atoms with E-state index in [0.717, 1.165) is 28.6 Å². The molecule has 156 valence electrons. The van der Waals surface area contributed by atoms with E-state index in [4.69, 9.17) is 5.10 Å². The molecule has 3 heterocycles. The fraction of sp³-hybridized carbons (Fsp3) is 0.480. The fourth-order valence-corrected chi connectivity index (χ4v) is 5.28. The van der Waals surface area contributed by atoms with Crippen molar-refractivity contribution in [2.24, 2.45) is 0 Å². The molecular formula is C25H31N5. The monoisotopic (exact) mass is 401 g/mol. The van der Waals surface area contributed by atoms with Gasteiger partial charge in [-0.1, -0.05) is 36.2 Å². The molecule has 0 atom stereocenters. The first-order chi connectivity index (χ1) is 14.8. The quantitative estimate of drug-likeness (QED) is 0.640. The molecule has 5 rings (SSSR count). The molecule has 0 amide bonds. The minimum absolute atomic E-state index is 0.516. The van der Waals surface area contributed by atoms with Gasteiger partial charge in [0, 0.05) is 35.0 Å². The van der Waals surface area contributed by atoms with Crippen LogP contribution >= 0.6 is 0 Å². The molecule has 1 aromatic carbocycles. The molecule has 0 bridgehead atoms. The van der Waals surface area contributed by atoms with E-state index in [1.54, 1.807) is 6.33 Å². The number of aryl methyl sites for hydroxylation is 1. The van der Waals surface area contributed by atoms with Crippen LogP contribution < -0.4 is 0 Å². The molecule has 1 saturated heterocycles. The van der Waals surface area contributed by atoms with E-state index in [9.17, 15) is 0 Å². The van der Waals surface area contributed by atoms with Gasteiger partial charge in [-0.05, 0) is 64.6 Å². The Bertz CT molecular complexity index is 949. The zero-order chi connectivity index (χ0) is 20.3. The number of aromatic nitrogens is 4. The standard InChI is InChI=1S/C25H31N5/c1-18-5-7-19(8-6-18)24-23(22-13-14-26-17-27-22)25(29-28-24)20-9-11-21(12-10-20)30-15-3-2-4-16-30/h5-8,13-14,17,20-21H,2-4,9-12,15-16H2,1H3,(H,28,29). The molecule has 1 saturated carbocycles. The third-order valence-corrected chi connectivity index (χ3v) is 6.97. The maximum absolute atomic E-state index is 4.78. The first-order valence-electron chi connectivity index (χ1n) is 11.5. The van der Waals surface area contributed by atoms with Gasteiger partial charge in [-0.25, -0.2) is 9.97 Å². The normalized spacial score (nSPS) is 22.8. The maximum atomic E-state index is 4.78. The van der Waals surface area contributed by atoms with Gasteiger partial charge in [0.15, 0.2) is 0 Å². The van der Waals surface area contributed by atoms with Crippen LogP contribution in [0.15, 0.2) is 42.9 Å². The predicted molar refractivity (Wildman–Crippen MR) is 120 cm³/mol. The number of rotatable bonds is 4. The lowest BCUT2D eigenvalue weighted by Crippen LogP contribution is -2.41. The molecule has 5 nitrogen and oxygen atoms in total. The minimum atomic E-state index is 0.516. The Hall–Kier alpha value is -2.53. The summed E-state index contributed by atoms with van der Waals surface area (Å²) in [5.41, 5.74) is 6.77. The number of nitrogens with one attached hydrogen (secondary N) is 1. The third kappa shape index (κ3) is 3.91. The van der Waals surface area contributed by atoms with Crippen molar-refractivity contribution >= 4 is 0 Å². The highest BCUT2D eigenvalue weighted by molar-refractivity contribution is 5.81. The average Bonchev–Trinajstić information content (AvgIpc) is 3.26. The molecule has 2 aliphatic rings. The summed E-state index contributed by atoms with van der Waals surface area (Å²) in [4.78, 5) is 11.5. The first kappa shape index (κ1) is 19.4. The van der Waals surface area contributed by atoms with Gasteiger partial charge in [-0.2, -0.15) is 5.10 Å². The molecule has 1 N–H and O–H groups in total. The molecule has 1 aliphatic heterocycles. The van der Waals surface area contributed by atoms with Crippen LogP contribution in [0.3, 0.4) is 0 Å². The van der Waals surface area contributed by atoms with Crippen LogP contribution in [-0.2, 0) is 0 Å². The Morgan fingerprint density at radius 3 is 2.40 bits per heavy atom. The number of piperidine rings is 1. The maximum Gasteiger partial charge on any atom is 0.116 e. The van der Waals surface area contributed by atoms with Crippen molar-refractivity contribution in [2.75, 3.05) is 13.1 Å². The Balaban J connectivity index is 1.43. The number of aromatic amines is 1. The molecule has 30 heavy (non-hydrogen) atoms. The van der Waals surface area contributed by atoms with E-state index in [1.165, 1.54) is 69.3 Å². The first-order valence-corrected chi connectivity index (χ1v) is 11.5. The van der Waals surface area contributed by atoms with Crippen LogP contribution in [-0.4, -0.2) is 44.2 Å². The van der Waals surface area contributed by atoms with Crippen LogP contribution in [0.1, 0.15) is 62.1 Å². The van der Waals surface area contributed by atoms with Crippen molar-refractivity contribution in [2.45, 2.75) is 63.8 Å². The number of likely N-dealkylation sites (tertiary alicyclic amines) is 1. The second kappa shape index (κ2) is 8.68. The van der Waals surface area contributed by atoms with Crippen molar-refractivity contribution in [3.05, 3.63) is 54.1 Å². The molecular weight excluding hydrogens is 370 g/mol. The van der Waals surface area contributed by atoms with Gasteiger partial charge in [0.05, 0.1) is 5.69 Å². The average molecular weight is 402 g/mol. The SMILES string of the molecule is Cc1ccc(-c2n[nH]c(C3CCC(N4CCCCC4)CC3)c2-c2ccncn2)cc1. The number of nitrogens with zero attached hydrogens (tertiary/aromatic N) is 4. The zero-order valence-electron chi connectivity index (χ0n) is 17.8. The molecule has 0 spiro atoms. The van der Waals surface area contributed by atoms with Gasteiger partial charge in [-0.3, -0.25) is 5.10 Å². The van der Waals surface area contributed by atoms with E-state index in [2.05, 4.69) is 51.2 Å². The van der Waals surface area contributed by atoms with Gasteiger partial charge in [0.1, 0.15) is 12.0 Å². The Labute approximate surface area is 179 Å². The highest BCUT2D eigenvalue weighted by Crippen LogP contribution is 2.41. The summed E-state index contributed by atoms with van der Waals surface area (Å²) in [7, 11) is 0. The van der Waals surface area contributed by atoms with Gasteiger partial charge < -0.3 is 4.90 Å². The minimum Gasteiger partial charge on any atom is -0.300 e. The van der Waals surface area contributed by atoms with E-state index >= 15 is 0 Å². The summed E-state index contributed by atoms with van der Waals surface area (Å²) in [6.07, 6.45) is 12.6. The largest absolute Gasteiger partial charge is 0.300 e. The predicted octanol–water partition coefficient (Wildman–Crippen LogP) is 5.35. The number of H-pyrrole nitrogens is 1. The second-order valence-electron chi connectivity index (χ2n) is 8.92. The lowest BCUT2D eigenvalue weighted by molar-refractivity contribution is 0.125. The molecule has 0 radical (unpaired) electrons. The summed E-state index contributed by atoms with van der Waals surface area (Å²) in [6.45, 7) is 4.71. The zero-order valence-corrected chi connectivity index (χ0v) is 17.8. The molecule has 5 heteroatoms. The van der Waals surface area contributed by atoms with Crippen LogP contribution in [0.5, 0.6) is 0 Å². The van der Waals surface area contributed by atoms with Gasteiger partial charge in [0.2, 0.25) is 0 Å². The van der Waals surface area contributed by atoms with E-state index in [1.807, 2.05) is 12.3 Å². The summed E-state index contributed by atoms with van der Waals surface area (Å²) in [5.74, 6) is 0.516. The summed E-state index contributed by atoms with van der Waals surface area (Å²) in [5, 5.41) is 8.21. The molecule has 2 fully saturated rings. The van der Waals surface area contributed by atoms with Crippen LogP contribution in [0.2, 0.25) is 0 Å². The van der Waals surface area contributed by atoms with Crippen molar-refractivity contribution < 1.29 is 0 Å². The third-order valence-electron chi connectivity index (χ3n) is 6.97. The van der Waals surface area contributed by atoms with Gasteiger partial charge in [0.25, 0.3) is 0 Å². The van der Waals surface area contributed by atoms with Gasteiger partial charge in [-0.15, -0.1) is 0 Å². The molecule has 0 unspecified atom stereocenters. The van der Waals surface area contributed by atoms with Crippen LogP contribution in [0.4, 0.5) is 0 Å². The van der Waals surface area contributed by atoms with E-state index < -0.39 is 0 Å². The van der Waals surface area contributed by atoms with E-state index in [-0.39, 0.29) is 0 Å². The van der Waals surface area contributed by atoms with Crippen molar-refractivity contribution in [3.63, 3.8) is 0 Å². The highest BCUT2D eigenvalue weighted by atomic mass is 15.2. The molecule has 3 aromatic rings. The summed E-state index contributed by atoms with van der Waals surface area (Å²) < 4.78 is 0. The fourth-order valence-electron chi connectivity index (χ4n) is 5.28. The lowest BCUT2D eigenvalue weighted by Gasteiger charge is -2.38.